The SMILES string of the molecule is NCCCc1nnc(-c2ccc(OC(F)(F)F)cc2)o1. The van der Waals surface area contributed by atoms with Crippen molar-refractivity contribution in [3.63, 3.8) is 0 Å². The van der Waals surface area contributed by atoms with Crippen LogP contribution in [0.2, 0.25) is 0 Å². The molecule has 0 saturated carbocycles. The highest BCUT2D eigenvalue weighted by molar-refractivity contribution is 5.53. The fourth-order valence-electron chi connectivity index (χ4n) is 1.52. The Morgan fingerprint density at radius 3 is 2.45 bits per heavy atom. The third kappa shape index (κ3) is 3.95. The van der Waals surface area contributed by atoms with Crippen molar-refractivity contribution in [1.82, 2.24) is 10.2 Å². The highest BCUT2D eigenvalue weighted by Gasteiger charge is 2.31. The summed E-state index contributed by atoms with van der Waals surface area (Å²) in [7, 11) is 0. The minimum Gasteiger partial charge on any atom is -0.421 e. The first-order chi connectivity index (χ1) is 9.48. The molecule has 5 nitrogen and oxygen atoms in total. The van der Waals surface area contributed by atoms with E-state index in [0.717, 1.165) is 6.42 Å². The van der Waals surface area contributed by atoms with Crippen LogP contribution < -0.4 is 10.5 Å². The number of nitrogens with two attached hydrogens (primary N) is 1. The quantitative estimate of drug-likeness (QED) is 0.914. The summed E-state index contributed by atoms with van der Waals surface area (Å²) in [4.78, 5) is 0. The number of aromatic nitrogens is 2. The standard InChI is InChI=1S/C12H12F3N3O2/c13-12(14,15)20-9-5-3-8(4-6-9)11-18-17-10(19-11)2-1-7-16/h3-6H,1-2,7,16H2. The van der Waals surface area contributed by atoms with Gasteiger partial charge >= 0.3 is 6.36 Å². The molecular weight excluding hydrogens is 275 g/mol. The first kappa shape index (κ1) is 14.3. The molecule has 0 unspecified atom stereocenters. The van der Waals surface area contributed by atoms with Gasteiger partial charge in [0.15, 0.2) is 0 Å². The Morgan fingerprint density at radius 2 is 1.85 bits per heavy atom. The number of hydrogen-bond donors (Lipinski definition) is 1. The molecule has 1 aromatic heterocycles. The summed E-state index contributed by atoms with van der Waals surface area (Å²) in [6.45, 7) is 0.515. The molecule has 108 valence electrons. The molecule has 0 aliphatic carbocycles. The van der Waals surface area contributed by atoms with Gasteiger partial charge in [0.2, 0.25) is 11.8 Å². The molecule has 0 amide bonds. The molecule has 2 N–H and O–H groups in total. The monoisotopic (exact) mass is 287 g/mol. The molecule has 0 saturated heterocycles. The predicted molar refractivity (Wildman–Crippen MR) is 63.8 cm³/mol. The molecule has 2 rings (SSSR count). The van der Waals surface area contributed by atoms with Gasteiger partial charge in [-0.25, -0.2) is 0 Å². The molecule has 0 aliphatic heterocycles. The van der Waals surface area contributed by atoms with Gasteiger partial charge in [0.25, 0.3) is 0 Å². The molecular formula is C12H12F3N3O2. The maximum atomic E-state index is 12.0. The maximum absolute atomic E-state index is 12.0. The van der Waals surface area contributed by atoms with Crippen molar-refractivity contribution in [3.8, 4) is 17.2 Å². The number of rotatable bonds is 5. The van der Waals surface area contributed by atoms with E-state index in [1.165, 1.54) is 24.3 Å². The highest BCUT2D eigenvalue weighted by Crippen LogP contribution is 2.26. The molecule has 0 spiro atoms. The van der Waals surface area contributed by atoms with Gasteiger partial charge in [0, 0.05) is 12.0 Å². The Morgan fingerprint density at radius 1 is 1.15 bits per heavy atom. The van der Waals surface area contributed by atoms with E-state index in [0.29, 0.717) is 24.4 Å². The van der Waals surface area contributed by atoms with Gasteiger partial charge in [0.1, 0.15) is 5.75 Å². The lowest BCUT2D eigenvalue weighted by Gasteiger charge is -2.08. The normalized spacial score (nSPS) is 11.6. The lowest BCUT2D eigenvalue weighted by atomic mass is 10.2. The number of benzene rings is 1. The van der Waals surface area contributed by atoms with Crippen molar-refractivity contribution in [3.05, 3.63) is 30.2 Å². The highest BCUT2D eigenvalue weighted by atomic mass is 19.4. The Kier molecular flexibility index (Phi) is 4.23. The van der Waals surface area contributed by atoms with Crippen LogP contribution in [0.25, 0.3) is 11.5 Å². The fraction of sp³-hybridized carbons (Fsp3) is 0.333. The number of nitrogens with zero attached hydrogens (tertiary/aromatic N) is 2. The summed E-state index contributed by atoms with van der Waals surface area (Å²) in [6, 6.07) is 5.21. The van der Waals surface area contributed by atoms with E-state index >= 15 is 0 Å². The van der Waals surface area contributed by atoms with Gasteiger partial charge in [-0.1, -0.05) is 0 Å². The number of alkyl halides is 3. The van der Waals surface area contributed by atoms with Crippen molar-refractivity contribution in [2.75, 3.05) is 6.54 Å². The van der Waals surface area contributed by atoms with E-state index < -0.39 is 6.36 Å². The maximum Gasteiger partial charge on any atom is 0.573 e. The van der Waals surface area contributed by atoms with E-state index in [1.54, 1.807) is 0 Å². The second kappa shape index (κ2) is 5.91. The summed E-state index contributed by atoms with van der Waals surface area (Å²) in [6.07, 6.45) is -3.42. The van der Waals surface area contributed by atoms with Crippen LogP contribution in [0, 0.1) is 0 Å². The summed E-state index contributed by atoms with van der Waals surface area (Å²) in [5.41, 5.74) is 5.89. The number of halogens is 3. The predicted octanol–water partition coefficient (Wildman–Crippen LogP) is 2.53. The minimum absolute atomic E-state index is 0.246. The second-order valence-corrected chi connectivity index (χ2v) is 3.97. The molecule has 0 aliphatic rings. The number of aryl methyl sites for hydroxylation is 1. The van der Waals surface area contributed by atoms with Crippen LogP contribution in [0.4, 0.5) is 13.2 Å². The van der Waals surface area contributed by atoms with Crippen LogP contribution in [-0.2, 0) is 6.42 Å². The molecule has 0 atom stereocenters. The first-order valence-corrected chi connectivity index (χ1v) is 5.86. The summed E-state index contributed by atoms with van der Waals surface area (Å²) < 4.78 is 45.2. The number of ether oxygens (including phenoxy) is 1. The average Bonchev–Trinajstić information content (AvgIpc) is 2.84. The van der Waals surface area contributed by atoms with Gasteiger partial charge in [-0.15, -0.1) is 23.4 Å². The summed E-state index contributed by atoms with van der Waals surface area (Å²) >= 11 is 0. The van der Waals surface area contributed by atoms with Crippen molar-refractivity contribution in [1.29, 1.82) is 0 Å². The van der Waals surface area contributed by atoms with Crippen LogP contribution >= 0.6 is 0 Å². The Balaban J connectivity index is 2.07. The van der Waals surface area contributed by atoms with Crippen LogP contribution in [0.5, 0.6) is 5.75 Å². The van der Waals surface area contributed by atoms with Gasteiger partial charge < -0.3 is 14.9 Å². The molecule has 1 aromatic carbocycles. The lowest BCUT2D eigenvalue weighted by Crippen LogP contribution is -2.16. The zero-order valence-corrected chi connectivity index (χ0v) is 10.4. The van der Waals surface area contributed by atoms with E-state index in [4.69, 9.17) is 10.2 Å². The van der Waals surface area contributed by atoms with Crippen molar-refractivity contribution in [2.24, 2.45) is 5.73 Å². The van der Waals surface area contributed by atoms with E-state index in [9.17, 15) is 13.2 Å². The van der Waals surface area contributed by atoms with Gasteiger partial charge in [-0.3, -0.25) is 0 Å². The fourth-order valence-corrected chi connectivity index (χ4v) is 1.52. The zero-order valence-electron chi connectivity index (χ0n) is 10.4. The topological polar surface area (TPSA) is 74.2 Å². The minimum atomic E-state index is -4.71. The van der Waals surface area contributed by atoms with Gasteiger partial charge in [-0.05, 0) is 37.2 Å². The largest absolute Gasteiger partial charge is 0.573 e. The Bertz CT molecular complexity index is 552. The Labute approximate surface area is 112 Å². The third-order valence-corrected chi connectivity index (χ3v) is 2.40. The summed E-state index contributed by atoms with van der Waals surface area (Å²) in [5, 5.41) is 7.65. The van der Waals surface area contributed by atoms with E-state index in [1.807, 2.05) is 0 Å². The van der Waals surface area contributed by atoms with Crippen LogP contribution in [0.15, 0.2) is 28.7 Å². The third-order valence-electron chi connectivity index (χ3n) is 2.40. The first-order valence-electron chi connectivity index (χ1n) is 5.86. The van der Waals surface area contributed by atoms with E-state index in [-0.39, 0.29) is 11.6 Å². The molecule has 1 heterocycles. The second-order valence-electron chi connectivity index (χ2n) is 3.97. The van der Waals surface area contributed by atoms with Crippen LogP contribution in [0.1, 0.15) is 12.3 Å². The average molecular weight is 287 g/mol. The molecule has 8 heteroatoms. The van der Waals surface area contributed by atoms with Crippen LogP contribution in [-0.4, -0.2) is 23.1 Å². The van der Waals surface area contributed by atoms with E-state index in [2.05, 4.69) is 14.9 Å². The summed E-state index contributed by atoms with van der Waals surface area (Å²) in [5.74, 6) is 0.390. The molecule has 0 radical (unpaired) electrons. The van der Waals surface area contributed by atoms with Crippen molar-refractivity contribution < 1.29 is 22.3 Å². The molecule has 2 aromatic rings. The Hall–Kier alpha value is -2.09. The number of hydrogen-bond acceptors (Lipinski definition) is 5. The smallest absolute Gasteiger partial charge is 0.421 e. The van der Waals surface area contributed by atoms with Crippen molar-refractivity contribution in [2.45, 2.75) is 19.2 Å². The molecule has 0 fully saturated rings. The van der Waals surface area contributed by atoms with Crippen LogP contribution in [0.3, 0.4) is 0 Å². The molecule has 0 bridgehead atoms. The van der Waals surface area contributed by atoms with Gasteiger partial charge in [-0.2, -0.15) is 0 Å². The van der Waals surface area contributed by atoms with Gasteiger partial charge in [0.05, 0.1) is 0 Å². The van der Waals surface area contributed by atoms with Crippen molar-refractivity contribution >= 4 is 0 Å². The lowest BCUT2D eigenvalue weighted by molar-refractivity contribution is -0.274. The molecule has 20 heavy (non-hydrogen) atoms. The zero-order chi connectivity index (χ0) is 14.6.